The maximum absolute atomic E-state index is 11.0. The van der Waals surface area contributed by atoms with Crippen molar-refractivity contribution in [2.75, 3.05) is 0 Å². The standard InChI is InChI=1S/C20H15N3O3S/c24-23(25)14-9-7-13(8-10-14)20-22-17(15-4-1-2-5-18(15)26-20)12-16(21-22)19-6-3-11-27-19/h1-11,17,20H,12H2/t17-,20+/m0/s1. The number of non-ortho nitro benzene ring substituents is 1. The quantitative estimate of drug-likeness (QED) is 0.481. The van der Waals surface area contributed by atoms with Crippen LogP contribution >= 0.6 is 11.3 Å². The largest absolute Gasteiger partial charge is 0.464 e. The number of rotatable bonds is 3. The molecule has 0 saturated carbocycles. The van der Waals surface area contributed by atoms with E-state index in [0.29, 0.717) is 0 Å². The molecule has 5 rings (SSSR count). The summed E-state index contributed by atoms with van der Waals surface area (Å²) in [5.41, 5.74) is 3.07. The van der Waals surface area contributed by atoms with Crippen LogP contribution in [0, 0.1) is 10.1 Å². The van der Waals surface area contributed by atoms with Gasteiger partial charge in [-0.25, -0.2) is 5.01 Å². The highest BCUT2D eigenvalue weighted by atomic mass is 32.1. The minimum atomic E-state index is -0.414. The summed E-state index contributed by atoms with van der Waals surface area (Å²) in [5.74, 6) is 0.838. The van der Waals surface area contributed by atoms with Crippen molar-refractivity contribution in [1.82, 2.24) is 5.01 Å². The monoisotopic (exact) mass is 377 g/mol. The molecule has 1 aromatic heterocycles. The van der Waals surface area contributed by atoms with Crippen LogP contribution in [0.2, 0.25) is 0 Å². The van der Waals surface area contributed by atoms with Gasteiger partial charge >= 0.3 is 0 Å². The molecule has 2 atom stereocenters. The summed E-state index contributed by atoms with van der Waals surface area (Å²) < 4.78 is 6.25. The maximum Gasteiger partial charge on any atom is 0.269 e. The zero-order valence-corrected chi connectivity index (χ0v) is 15.0. The number of hydrogen-bond donors (Lipinski definition) is 0. The molecule has 0 radical (unpaired) electrons. The highest BCUT2D eigenvalue weighted by Gasteiger charge is 2.41. The van der Waals surface area contributed by atoms with E-state index in [9.17, 15) is 10.1 Å². The second-order valence-electron chi connectivity index (χ2n) is 6.48. The topological polar surface area (TPSA) is 68.0 Å². The fraction of sp³-hybridized carbons (Fsp3) is 0.150. The zero-order valence-electron chi connectivity index (χ0n) is 14.2. The van der Waals surface area contributed by atoms with E-state index in [-0.39, 0.29) is 11.7 Å². The Morgan fingerprint density at radius 1 is 1.11 bits per heavy atom. The van der Waals surface area contributed by atoms with Gasteiger partial charge in [-0.05, 0) is 29.6 Å². The number of nitro benzene ring substituents is 1. The van der Waals surface area contributed by atoms with Gasteiger partial charge in [-0.2, -0.15) is 5.10 Å². The summed E-state index contributed by atoms with van der Waals surface area (Å²) in [6.07, 6.45) is 0.396. The molecule has 0 bridgehead atoms. The van der Waals surface area contributed by atoms with Crippen molar-refractivity contribution in [1.29, 1.82) is 0 Å². The molecular formula is C20H15N3O3S. The first-order valence-electron chi connectivity index (χ1n) is 8.60. The Kier molecular flexibility index (Phi) is 3.68. The highest BCUT2D eigenvalue weighted by molar-refractivity contribution is 7.12. The molecule has 0 aliphatic carbocycles. The average molecular weight is 377 g/mol. The van der Waals surface area contributed by atoms with Crippen molar-refractivity contribution in [2.45, 2.75) is 18.7 Å². The van der Waals surface area contributed by atoms with Crippen LogP contribution in [0.4, 0.5) is 5.69 Å². The number of fused-ring (bicyclic) bond motifs is 3. The summed E-state index contributed by atoms with van der Waals surface area (Å²) in [5, 5.41) is 19.9. The molecule has 6 nitrogen and oxygen atoms in total. The number of nitro groups is 1. The number of hydrogen-bond acceptors (Lipinski definition) is 6. The van der Waals surface area contributed by atoms with E-state index >= 15 is 0 Å². The zero-order chi connectivity index (χ0) is 18.4. The van der Waals surface area contributed by atoms with Crippen molar-refractivity contribution in [2.24, 2.45) is 5.10 Å². The number of hydrazone groups is 1. The van der Waals surface area contributed by atoms with Crippen molar-refractivity contribution in [3.05, 3.63) is 92.2 Å². The molecule has 0 N–H and O–H groups in total. The van der Waals surface area contributed by atoms with Gasteiger partial charge in [0, 0.05) is 29.7 Å². The molecule has 7 heteroatoms. The minimum absolute atomic E-state index is 0.0655. The second kappa shape index (κ2) is 6.21. The van der Waals surface area contributed by atoms with E-state index in [0.717, 1.165) is 33.9 Å². The SMILES string of the molecule is O=[N+]([O-])c1ccc([C@H]2Oc3ccccc3[C@@H]3CC(c4cccs4)=NN23)cc1. The number of para-hydroxylation sites is 1. The molecule has 0 unspecified atom stereocenters. The van der Waals surface area contributed by atoms with Crippen LogP contribution in [0.3, 0.4) is 0 Å². The Bertz CT molecular complexity index is 1030. The lowest BCUT2D eigenvalue weighted by Gasteiger charge is -2.38. The van der Waals surface area contributed by atoms with E-state index in [2.05, 4.69) is 12.1 Å². The molecule has 0 saturated heterocycles. The lowest BCUT2D eigenvalue weighted by molar-refractivity contribution is -0.384. The van der Waals surface area contributed by atoms with Gasteiger partial charge in [0.25, 0.3) is 5.69 Å². The molecule has 0 fully saturated rings. The lowest BCUT2D eigenvalue weighted by atomic mass is 9.98. The molecule has 3 heterocycles. The van der Waals surface area contributed by atoms with Crippen LogP contribution in [0.25, 0.3) is 0 Å². The van der Waals surface area contributed by atoms with Crippen LogP contribution in [0.15, 0.2) is 71.1 Å². The first-order valence-corrected chi connectivity index (χ1v) is 9.48. The van der Waals surface area contributed by atoms with E-state index in [4.69, 9.17) is 9.84 Å². The van der Waals surface area contributed by atoms with Crippen molar-refractivity contribution >= 4 is 22.7 Å². The van der Waals surface area contributed by atoms with Gasteiger partial charge in [0.15, 0.2) is 0 Å². The molecule has 0 spiro atoms. The Morgan fingerprint density at radius 2 is 1.93 bits per heavy atom. The Labute approximate surface area is 159 Å². The van der Waals surface area contributed by atoms with Gasteiger partial charge in [0.2, 0.25) is 6.23 Å². The number of nitrogens with zero attached hydrogens (tertiary/aromatic N) is 3. The molecule has 27 heavy (non-hydrogen) atoms. The summed E-state index contributed by atoms with van der Waals surface area (Å²) in [6, 6.07) is 18.7. The number of ether oxygens (including phenoxy) is 1. The summed E-state index contributed by atoms with van der Waals surface area (Å²) >= 11 is 1.68. The summed E-state index contributed by atoms with van der Waals surface area (Å²) in [4.78, 5) is 11.7. The second-order valence-corrected chi connectivity index (χ2v) is 7.43. The first kappa shape index (κ1) is 16.0. The molecule has 0 amide bonds. The van der Waals surface area contributed by atoms with E-state index < -0.39 is 11.2 Å². The van der Waals surface area contributed by atoms with Gasteiger partial charge in [0.05, 0.1) is 21.6 Å². The third-order valence-corrected chi connectivity index (χ3v) is 5.81. The molecule has 134 valence electrons. The van der Waals surface area contributed by atoms with Gasteiger partial charge < -0.3 is 4.74 Å². The van der Waals surface area contributed by atoms with Crippen molar-refractivity contribution in [3.63, 3.8) is 0 Å². The average Bonchev–Trinajstić information content (AvgIpc) is 3.37. The van der Waals surface area contributed by atoms with Crippen LogP contribution in [-0.2, 0) is 0 Å². The molecule has 2 aliphatic rings. The molecule has 2 aromatic carbocycles. The Morgan fingerprint density at radius 3 is 2.67 bits per heavy atom. The normalized spacial score (nSPS) is 20.4. The smallest absolute Gasteiger partial charge is 0.269 e. The van der Waals surface area contributed by atoms with Gasteiger partial charge in [0.1, 0.15) is 5.75 Å². The molecular weight excluding hydrogens is 362 g/mol. The van der Waals surface area contributed by atoms with Crippen LogP contribution in [-0.4, -0.2) is 15.6 Å². The van der Waals surface area contributed by atoms with Crippen molar-refractivity contribution < 1.29 is 9.66 Å². The fourth-order valence-corrected chi connectivity index (χ4v) is 4.33. The van der Waals surface area contributed by atoms with Crippen LogP contribution < -0.4 is 4.74 Å². The van der Waals surface area contributed by atoms with Gasteiger partial charge in [-0.3, -0.25) is 10.1 Å². The van der Waals surface area contributed by atoms with E-state index in [1.165, 1.54) is 12.1 Å². The lowest BCUT2D eigenvalue weighted by Crippen LogP contribution is -2.33. The molecule has 3 aromatic rings. The number of thiophene rings is 1. The van der Waals surface area contributed by atoms with Crippen molar-refractivity contribution in [3.8, 4) is 5.75 Å². The Hall–Kier alpha value is -3.19. The minimum Gasteiger partial charge on any atom is -0.464 e. The van der Waals surface area contributed by atoms with E-state index in [1.54, 1.807) is 23.5 Å². The maximum atomic E-state index is 11.0. The fourth-order valence-electron chi connectivity index (χ4n) is 3.61. The molecule has 2 aliphatic heterocycles. The van der Waals surface area contributed by atoms with Crippen LogP contribution in [0.5, 0.6) is 5.75 Å². The first-order chi connectivity index (χ1) is 13.2. The summed E-state index contributed by atoms with van der Waals surface area (Å²) in [6.45, 7) is 0. The van der Waals surface area contributed by atoms with E-state index in [1.807, 2.05) is 34.7 Å². The van der Waals surface area contributed by atoms with Gasteiger partial charge in [-0.15, -0.1) is 11.3 Å². The van der Waals surface area contributed by atoms with Crippen LogP contribution in [0.1, 0.15) is 34.7 Å². The highest BCUT2D eigenvalue weighted by Crippen LogP contribution is 2.47. The number of benzene rings is 2. The Balaban J connectivity index is 1.57. The predicted molar refractivity (Wildman–Crippen MR) is 103 cm³/mol. The van der Waals surface area contributed by atoms with Gasteiger partial charge in [-0.1, -0.05) is 24.3 Å². The predicted octanol–water partition coefficient (Wildman–Crippen LogP) is 4.90. The third-order valence-electron chi connectivity index (χ3n) is 4.89. The summed E-state index contributed by atoms with van der Waals surface area (Å²) in [7, 11) is 0. The third kappa shape index (κ3) is 2.67.